The molecule has 0 aliphatic carbocycles. The summed E-state index contributed by atoms with van der Waals surface area (Å²) in [6.45, 7) is 0. The van der Waals surface area contributed by atoms with Crippen molar-refractivity contribution in [3.05, 3.63) is 52.5 Å². The number of benzene rings is 2. The van der Waals surface area contributed by atoms with E-state index in [9.17, 15) is 0 Å². The van der Waals surface area contributed by atoms with Gasteiger partial charge in [-0.25, -0.2) is 0 Å². The van der Waals surface area contributed by atoms with Gasteiger partial charge in [0.25, 0.3) is 0 Å². The quantitative estimate of drug-likeness (QED) is 0.755. The summed E-state index contributed by atoms with van der Waals surface area (Å²) in [5, 5.41) is 1.12. The molecular weight excluding hydrogens is 243 g/mol. The molecule has 3 heteroatoms. The fourth-order valence-electron chi connectivity index (χ4n) is 1.60. The third-order valence-corrected chi connectivity index (χ3v) is 2.80. The van der Waals surface area contributed by atoms with Crippen LogP contribution in [0.5, 0.6) is 5.75 Å². The van der Waals surface area contributed by atoms with Crippen LogP contribution in [-0.2, 0) is 0 Å². The van der Waals surface area contributed by atoms with Crippen molar-refractivity contribution >= 4 is 23.2 Å². The van der Waals surface area contributed by atoms with E-state index in [2.05, 4.69) is 0 Å². The molecule has 0 saturated carbocycles. The Morgan fingerprint density at radius 2 is 1.69 bits per heavy atom. The van der Waals surface area contributed by atoms with E-state index in [0.29, 0.717) is 15.8 Å². The van der Waals surface area contributed by atoms with Crippen LogP contribution in [0, 0.1) is 0 Å². The van der Waals surface area contributed by atoms with Crippen LogP contribution in [0.3, 0.4) is 0 Å². The molecule has 0 heterocycles. The van der Waals surface area contributed by atoms with Crippen LogP contribution in [-0.4, -0.2) is 7.11 Å². The van der Waals surface area contributed by atoms with Crippen LogP contribution in [0.1, 0.15) is 0 Å². The maximum Gasteiger partial charge on any atom is 0.145 e. The van der Waals surface area contributed by atoms with Gasteiger partial charge in [-0.15, -0.1) is 0 Å². The minimum Gasteiger partial charge on any atom is -0.495 e. The monoisotopic (exact) mass is 252 g/mol. The Morgan fingerprint density at radius 3 is 2.31 bits per heavy atom. The van der Waals surface area contributed by atoms with E-state index in [0.717, 1.165) is 11.1 Å². The predicted molar refractivity (Wildman–Crippen MR) is 68.5 cm³/mol. The Labute approximate surface area is 105 Å². The molecule has 0 aliphatic rings. The maximum atomic E-state index is 6.08. The molecule has 0 N–H and O–H groups in total. The van der Waals surface area contributed by atoms with Crippen LogP contribution in [0.15, 0.2) is 42.5 Å². The molecule has 0 atom stereocenters. The minimum atomic E-state index is 0.522. The fourth-order valence-corrected chi connectivity index (χ4v) is 2.17. The van der Waals surface area contributed by atoms with Crippen molar-refractivity contribution in [2.75, 3.05) is 7.11 Å². The molecule has 2 aromatic carbocycles. The van der Waals surface area contributed by atoms with Crippen LogP contribution in [0.4, 0.5) is 0 Å². The highest BCUT2D eigenvalue weighted by atomic mass is 35.5. The molecule has 2 rings (SSSR count). The van der Waals surface area contributed by atoms with E-state index >= 15 is 0 Å². The van der Waals surface area contributed by atoms with Gasteiger partial charge in [0.2, 0.25) is 0 Å². The van der Waals surface area contributed by atoms with Gasteiger partial charge in [0, 0.05) is 10.6 Å². The van der Waals surface area contributed by atoms with Crippen molar-refractivity contribution in [2.45, 2.75) is 0 Å². The zero-order chi connectivity index (χ0) is 11.5. The fraction of sp³-hybridized carbons (Fsp3) is 0.0769. The molecule has 0 fully saturated rings. The Hall–Kier alpha value is -1.18. The first-order chi connectivity index (χ1) is 7.72. The van der Waals surface area contributed by atoms with Gasteiger partial charge in [-0.05, 0) is 17.7 Å². The van der Waals surface area contributed by atoms with E-state index in [1.54, 1.807) is 13.2 Å². The lowest BCUT2D eigenvalue weighted by Crippen LogP contribution is -1.89. The van der Waals surface area contributed by atoms with Crippen LogP contribution < -0.4 is 4.74 Å². The molecule has 2 aromatic rings. The van der Waals surface area contributed by atoms with Gasteiger partial charge in [-0.2, -0.15) is 0 Å². The topological polar surface area (TPSA) is 9.23 Å². The molecular formula is C13H10Cl2O. The van der Waals surface area contributed by atoms with Crippen molar-refractivity contribution in [3.8, 4) is 16.9 Å². The van der Waals surface area contributed by atoms with Crippen molar-refractivity contribution in [3.63, 3.8) is 0 Å². The third-order valence-electron chi connectivity index (χ3n) is 2.30. The average Bonchev–Trinajstić information content (AvgIpc) is 2.29. The van der Waals surface area contributed by atoms with Gasteiger partial charge in [-0.3, -0.25) is 0 Å². The molecule has 0 radical (unpaired) electrons. The Balaban J connectivity index is 2.64. The van der Waals surface area contributed by atoms with E-state index in [1.165, 1.54) is 0 Å². The molecule has 0 amide bonds. The summed E-state index contributed by atoms with van der Waals surface area (Å²) >= 11 is 12.1. The average molecular weight is 253 g/mol. The van der Waals surface area contributed by atoms with Crippen molar-refractivity contribution in [1.82, 2.24) is 0 Å². The van der Waals surface area contributed by atoms with Gasteiger partial charge in [0.1, 0.15) is 5.75 Å². The second-order valence-corrected chi connectivity index (χ2v) is 4.18. The Morgan fingerprint density at radius 1 is 1.00 bits per heavy atom. The lowest BCUT2D eigenvalue weighted by Gasteiger charge is -2.11. The molecule has 0 bridgehead atoms. The van der Waals surface area contributed by atoms with Crippen LogP contribution >= 0.6 is 23.2 Å². The van der Waals surface area contributed by atoms with Crippen molar-refractivity contribution in [1.29, 1.82) is 0 Å². The highest BCUT2D eigenvalue weighted by molar-refractivity contribution is 6.36. The zero-order valence-electron chi connectivity index (χ0n) is 8.71. The highest BCUT2D eigenvalue weighted by Crippen LogP contribution is 2.38. The van der Waals surface area contributed by atoms with Gasteiger partial charge >= 0.3 is 0 Å². The van der Waals surface area contributed by atoms with Gasteiger partial charge in [-0.1, -0.05) is 53.5 Å². The second kappa shape index (κ2) is 4.77. The maximum absolute atomic E-state index is 6.08. The van der Waals surface area contributed by atoms with E-state index < -0.39 is 0 Å². The van der Waals surface area contributed by atoms with Gasteiger partial charge in [0.15, 0.2) is 0 Å². The first kappa shape index (κ1) is 11.3. The van der Waals surface area contributed by atoms with Crippen molar-refractivity contribution < 1.29 is 4.74 Å². The summed E-state index contributed by atoms with van der Waals surface area (Å²) in [7, 11) is 1.60. The minimum absolute atomic E-state index is 0.522. The van der Waals surface area contributed by atoms with Crippen LogP contribution in [0.2, 0.25) is 10.0 Å². The zero-order valence-corrected chi connectivity index (χ0v) is 10.2. The predicted octanol–water partition coefficient (Wildman–Crippen LogP) is 4.67. The Bertz CT molecular complexity index is 495. The Kier molecular flexibility index (Phi) is 3.37. The summed E-state index contributed by atoms with van der Waals surface area (Å²) in [5.74, 6) is 0.650. The van der Waals surface area contributed by atoms with E-state index in [-0.39, 0.29) is 0 Å². The number of ether oxygens (including phenoxy) is 1. The van der Waals surface area contributed by atoms with Gasteiger partial charge < -0.3 is 4.74 Å². The molecule has 82 valence electrons. The molecule has 16 heavy (non-hydrogen) atoms. The van der Waals surface area contributed by atoms with E-state index in [1.807, 2.05) is 36.4 Å². The summed E-state index contributed by atoms with van der Waals surface area (Å²) < 4.78 is 5.29. The first-order valence-electron chi connectivity index (χ1n) is 4.81. The summed E-state index contributed by atoms with van der Waals surface area (Å²) in [4.78, 5) is 0. The smallest absolute Gasteiger partial charge is 0.145 e. The van der Waals surface area contributed by atoms with Crippen molar-refractivity contribution in [2.24, 2.45) is 0 Å². The lowest BCUT2D eigenvalue weighted by molar-refractivity contribution is 0.416. The first-order valence-corrected chi connectivity index (χ1v) is 5.56. The lowest BCUT2D eigenvalue weighted by atomic mass is 10.0. The summed E-state index contributed by atoms with van der Waals surface area (Å²) in [6, 6.07) is 13.4. The number of hydrogen-bond donors (Lipinski definition) is 0. The number of hydrogen-bond acceptors (Lipinski definition) is 1. The molecule has 1 nitrogen and oxygen atoms in total. The van der Waals surface area contributed by atoms with E-state index in [4.69, 9.17) is 27.9 Å². The second-order valence-electron chi connectivity index (χ2n) is 3.33. The van der Waals surface area contributed by atoms with Crippen LogP contribution in [0.25, 0.3) is 11.1 Å². The summed E-state index contributed by atoms with van der Waals surface area (Å²) in [6.07, 6.45) is 0. The molecule has 0 unspecified atom stereocenters. The highest BCUT2D eigenvalue weighted by Gasteiger charge is 2.10. The number of rotatable bonds is 2. The molecule has 0 aliphatic heterocycles. The molecule has 0 spiro atoms. The SMILES string of the molecule is COc1c(Cl)cc(Cl)cc1-c1ccccc1. The van der Waals surface area contributed by atoms with Gasteiger partial charge in [0.05, 0.1) is 12.1 Å². The number of halogens is 2. The molecule has 0 aromatic heterocycles. The number of methoxy groups -OCH3 is 1. The summed E-state index contributed by atoms with van der Waals surface area (Å²) in [5.41, 5.74) is 1.93. The normalized spacial score (nSPS) is 10.2. The third kappa shape index (κ3) is 2.16. The standard InChI is InChI=1S/C13H10Cl2O/c1-16-13-11(7-10(14)8-12(13)15)9-5-3-2-4-6-9/h2-8H,1H3. The molecule has 0 saturated heterocycles. The largest absolute Gasteiger partial charge is 0.495 e.